The standard InChI is InChI=1S/C13H16BrNO2/c14-11-4-2-1-3-10(11)5-8-15-12(17)13(9-16)6-7-13/h1-4,16H,5-9H2,(H,15,17). The molecule has 0 bridgehead atoms. The molecule has 1 fully saturated rings. The van der Waals surface area contributed by atoms with Gasteiger partial charge >= 0.3 is 0 Å². The minimum atomic E-state index is -0.464. The van der Waals surface area contributed by atoms with Gasteiger partial charge in [-0.05, 0) is 30.9 Å². The molecule has 92 valence electrons. The lowest BCUT2D eigenvalue weighted by atomic mass is 10.1. The highest BCUT2D eigenvalue weighted by molar-refractivity contribution is 9.10. The summed E-state index contributed by atoms with van der Waals surface area (Å²) >= 11 is 3.48. The maximum Gasteiger partial charge on any atom is 0.228 e. The van der Waals surface area contributed by atoms with Gasteiger partial charge in [-0.25, -0.2) is 0 Å². The molecule has 1 aliphatic carbocycles. The van der Waals surface area contributed by atoms with E-state index in [1.165, 1.54) is 5.56 Å². The molecule has 1 aromatic carbocycles. The molecule has 0 unspecified atom stereocenters. The van der Waals surface area contributed by atoms with Gasteiger partial charge in [-0.2, -0.15) is 0 Å². The molecular formula is C13H16BrNO2. The molecule has 0 saturated heterocycles. The lowest BCUT2D eigenvalue weighted by Gasteiger charge is -2.12. The number of hydrogen-bond donors (Lipinski definition) is 2. The molecule has 3 nitrogen and oxygen atoms in total. The number of aliphatic hydroxyl groups excluding tert-OH is 1. The second kappa shape index (κ2) is 5.19. The third-order valence-corrected chi connectivity index (χ3v) is 4.05. The maximum absolute atomic E-state index is 11.8. The zero-order valence-corrected chi connectivity index (χ0v) is 11.2. The van der Waals surface area contributed by atoms with E-state index in [1.807, 2.05) is 24.3 Å². The molecule has 1 aliphatic rings. The summed E-state index contributed by atoms with van der Waals surface area (Å²) in [6.45, 7) is 0.580. The maximum atomic E-state index is 11.8. The Morgan fingerprint density at radius 2 is 2.12 bits per heavy atom. The molecule has 0 spiro atoms. The Morgan fingerprint density at radius 1 is 1.41 bits per heavy atom. The predicted molar refractivity (Wildman–Crippen MR) is 69.6 cm³/mol. The number of halogens is 1. The highest BCUT2D eigenvalue weighted by Crippen LogP contribution is 2.45. The zero-order valence-electron chi connectivity index (χ0n) is 9.58. The summed E-state index contributed by atoms with van der Waals surface area (Å²) < 4.78 is 1.07. The molecule has 0 atom stereocenters. The van der Waals surface area contributed by atoms with Gasteiger partial charge in [0, 0.05) is 11.0 Å². The van der Waals surface area contributed by atoms with Gasteiger partial charge in [0.15, 0.2) is 0 Å². The van der Waals surface area contributed by atoms with Crippen LogP contribution in [0.5, 0.6) is 0 Å². The van der Waals surface area contributed by atoms with E-state index in [0.29, 0.717) is 6.54 Å². The summed E-state index contributed by atoms with van der Waals surface area (Å²) in [4.78, 5) is 11.8. The average molecular weight is 298 g/mol. The summed E-state index contributed by atoms with van der Waals surface area (Å²) in [6.07, 6.45) is 2.42. The molecule has 0 radical (unpaired) electrons. The first kappa shape index (κ1) is 12.6. The van der Waals surface area contributed by atoms with Crippen LogP contribution < -0.4 is 5.32 Å². The molecule has 1 saturated carbocycles. The number of carbonyl (C=O) groups is 1. The van der Waals surface area contributed by atoms with Gasteiger partial charge in [-0.15, -0.1) is 0 Å². The van der Waals surface area contributed by atoms with Crippen molar-refractivity contribution in [3.8, 4) is 0 Å². The van der Waals surface area contributed by atoms with Crippen LogP contribution in [0.3, 0.4) is 0 Å². The molecule has 1 amide bonds. The molecule has 1 aromatic rings. The molecule has 0 aliphatic heterocycles. The van der Waals surface area contributed by atoms with Crippen LogP contribution in [0, 0.1) is 5.41 Å². The first-order chi connectivity index (χ1) is 8.18. The lowest BCUT2D eigenvalue weighted by Crippen LogP contribution is -2.35. The van der Waals surface area contributed by atoms with Crippen molar-refractivity contribution in [2.75, 3.05) is 13.2 Å². The second-order valence-electron chi connectivity index (χ2n) is 4.54. The van der Waals surface area contributed by atoms with E-state index < -0.39 is 5.41 Å². The van der Waals surface area contributed by atoms with Crippen molar-refractivity contribution in [3.63, 3.8) is 0 Å². The molecule has 0 aromatic heterocycles. The average Bonchev–Trinajstić information content (AvgIpc) is 3.12. The fourth-order valence-electron chi connectivity index (χ4n) is 1.81. The van der Waals surface area contributed by atoms with Crippen LogP contribution in [-0.4, -0.2) is 24.2 Å². The normalized spacial score (nSPS) is 16.6. The van der Waals surface area contributed by atoms with E-state index in [-0.39, 0.29) is 12.5 Å². The van der Waals surface area contributed by atoms with E-state index in [9.17, 15) is 4.79 Å². The summed E-state index contributed by atoms with van der Waals surface area (Å²) in [5, 5.41) is 12.0. The van der Waals surface area contributed by atoms with Crippen molar-refractivity contribution >= 4 is 21.8 Å². The predicted octanol–water partition coefficient (Wildman–Crippen LogP) is 1.88. The topological polar surface area (TPSA) is 49.3 Å². The van der Waals surface area contributed by atoms with E-state index >= 15 is 0 Å². The Labute approximate surface area is 109 Å². The smallest absolute Gasteiger partial charge is 0.228 e. The minimum absolute atomic E-state index is 0.00736. The van der Waals surface area contributed by atoms with Gasteiger partial charge in [-0.3, -0.25) is 4.79 Å². The van der Waals surface area contributed by atoms with Crippen molar-refractivity contribution in [2.45, 2.75) is 19.3 Å². The number of hydrogen-bond acceptors (Lipinski definition) is 2. The monoisotopic (exact) mass is 297 g/mol. The van der Waals surface area contributed by atoms with Crippen molar-refractivity contribution in [2.24, 2.45) is 5.41 Å². The van der Waals surface area contributed by atoms with Crippen LogP contribution in [0.15, 0.2) is 28.7 Å². The van der Waals surface area contributed by atoms with E-state index in [2.05, 4.69) is 21.2 Å². The van der Waals surface area contributed by atoms with Gasteiger partial charge in [0.2, 0.25) is 5.91 Å². The van der Waals surface area contributed by atoms with Crippen LogP contribution in [0.1, 0.15) is 18.4 Å². The molecule has 2 rings (SSSR count). The van der Waals surface area contributed by atoms with Gasteiger partial charge in [-0.1, -0.05) is 34.1 Å². The molecule has 2 N–H and O–H groups in total. The van der Waals surface area contributed by atoms with Crippen molar-refractivity contribution in [1.82, 2.24) is 5.32 Å². The number of amides is 1. The van der Waals surface area contributed by atoms with E-state index in [4.69, 9.17) is 5.11 Å². The quantitative estimate of drug-likeness (QED) is 0.872. The summed E-state index contributed by atoms with van der Waals surface area (Å²) in [5.74, 6) is -0.00736. The Balaban J connectivity index is 1.80. The third-order valence-electron chi connectivity index (χ3n) is 3.28. The van der Waals surface area contributed by atoms with Crippen LogP contribution >= 0.6 is 15.9 Å². The molecule has 0 heterocycles. The van der Waals surface area contributed by atoms with Gasteiger partial charge in [0.05, 0.1) is 12.0 Å². The van der Waals surface area contributed by atoms with Crippen LogP contribution in [0.25, 0.3) is 0 Å². The Bertz CT molecular complexity index is 416. The SMILES string of the molecule is O=C(NCCc1ccccc1Br)C1(CO)CC1. The summed E-state index contributed by atoms with van der Waals surface area (Å²) in [6, 6.07) is 7.98. The highest BCUT2D eigenvalue weighted by Gasteiger charge is 2.49. The second-order valence-corrected chi connectivity index (χ2v) is 5.39. The summed E-state index contributed by atoms with van der Waals surface area (Å²) in [7, 11) is 0. The molecule has 17 heavy (non-hydrogen) atoms. The third kappa shape index (κ3) is 2.87. The first-order valence-electron chi connectivity index (χ1n) is 5.80. The van der Waals surface area contributed by atoms with Gasteiger partial charge < -0.3 is 10.4 Å². The minimum Gasteiger partial charge on any atom is -0.395 e. The van der Waals surface area contributed by atoms with Gasteiger partial charge in [0.1, 0.15) is 0 Å². The fourth-order valence-corrected chi connectivity index (χ4v) is 2.29. The lowest BCUT2D eigenvalue weighted by molar-refractivity contribution is -0.127. The van der Waals surface area contributed by atoms with Crippen LogP contribution in [0.4, 0.5) is 0 Å². The van der Waals surface area contributed by atoms with Crippen LogP contribution in [-0.2, 0) is 11.2 Å². The number of aliphatic hydroxyl groups is 1. The Hall–Kier alpha value is -0.870. The van der Waals surface area contributed by atoms with Gasteiger partial charge in [0.25, 0.3) is 0 Å². The number of nitrogens with one attached hydrogen (secondary N) is 1. The number of benzene rings is 1. The van der Waals surface area contributed by atoms with Crippen molar-refractivity contribution in [1.29, 1.82) is 0 Å². The number of carbonyl (C=O) groups excluding carboxylic acids is 1. The Kier molecular flexibility index (Phi) is 3.84. The largest absolute Gasteiger partial charge is 0.395 e. The van der Waals surface area contributed by atoms with Crippen molar-refractivity contribution < 1.29 is 9.90 Å². The highest BCUT2D eigenvalue weighted by atomic mass is 79.9. The van der Waals surface area contributed by atoms with Crippen molar-refractivity contribution in [3.05, 3.63) is 34.3 Å². The molecular weight excluding hydrogens is 282 g/mol. The summed E-state index contributed by atoms with van der Waals surface area (Å²) in [5.41, 5.74) is 0.718. The zero-order chi connectivity index (χ0) is 12.3. The van der Waals surface area contributed by atoms with E-state index in [0.717, 1.165) is 23.7 Å². The molecule has 4 heteroatoms. The number of rotatable bonds is 5. The van der Waals surface area contributed by atoms with E-state index in [1.54, 1.807) is 0 Å². The first-order valence-corrected chi connectivity index (χ1v) is 6.60. The Morgan fingerprint density at radius 3 is 2.71 bits per heavy atom. The van der Waals surface area contributed by atoms with Crippen LogP contribution in [0.2, 0.25) is 0 Å². The fraction of sp³-hybridized carbons (Fsp3) is 0.462.